The van der Waals surface area contributed by atoms with E-state index >= 15 is 0 Å². The van der Waals surface area contributed by atoms with Crippen LogP contribution in [0.1, 0.15) is 28.8 Å². The molecule has 0 aliphatic carbocycles. The Labute approximate surface area is 205 Å². The minimum absolute atomic E-state index is 0.0245. The van der Waals surface area contributed by atoms with Crippen LogP contribution in [0.15, 0.2) is 24.5 Å². The lowest BCUT2D eigenvalue weighted by Gasteiger charge is -2.35. The third kappa shape index (κ3) is 4.49. The Bertz CT molecular complexity index is 1190. The van der Waals surface area contributed by atoms with Crippen LogP contribution in [-0.4, -0.2) is 67.1 Å². The maximum atomic E-state index is 13.0. The second kappa shape index (κ2) is 9.50. The molecule has 2 fully saturated rings. The van der Waals surface area contributed by atoms with Gasteiger partial charge in [-0.1, -0.05) is 0 Å². The molecule has 3 aromatic rings. The van der Waals surface area contributed by atoms with Crippen LogP contribution >= 0.6 is 11.3 Å². The van der Waals surface area contributed by atoms with Gasteiger partial charge in [-0.25, -0.2) is 9.97 Å². The van der Waals surface area contributed by atoms with E-state index in [4.69, 9.17) is 0 Å². The largest absolute Gasteiger partial charge is 0.369 e. The van der Waals surface area contributed by atoms with Crippen LogP contribution in [0.25, 0.3) is 10.2 Å². The fourth-order valence-corrected chi connectivity index (χ4v) is 6.13. The number of thiophene rings is 1. The molecule has 2 aliphatic heterocycles. The molecule has 8 heteroatoms. The number of aromatic nitrogens is 2. The van der Waals surface area contributed by atoms with Crippen molar-refractivity contribution in [3.8, 4) is 0 Å². The number of rotatable bonds is 4. The molecular weight excluding hydrogens is 444 g/mol. The summed E-state index contributed by atoms with van der Waals surface area (Å²) in [5.41, 5.74) is 4.65. The predicted octanol–water partition coefficient (Wildman–Crippen LogP) is 4.22. The minimum Gasteiger partial charge on any atom is -0.369 e. The Balaban J connectivity index is 1.21. The summed E-state index contributed by atoms with van der Waals surface area (Å²) in [6, 6.07) is 6.32. The number of anilines is 3. The maximum Gasteiger partial charge on any atom is 0.227 e. The lowest BCUT2D eigenvalue weighted by atomic mass is 9.95. The molecular formula is C26H34N6OS. The molecule has 1 amide bonds. The zero-order chi connectivity index (χ0) is 23.8. The first-order valence-corrected chi connectivity index (χ1v) is 13.0. The van der Waals surface area contributed by atoms with Crippen molar-refractivity contribution in [2.24, 2.45) is 5.92 Å². The quantitative estimate of drug-likeness (QED) is 0.606. The average molecular weight is 479 g/mol. The van der Waals surface area contributed by atoms with Gasteiger partial charge in [-0.2, -0.15) is 0 Å². The lowest BCUT2D eigenvalue weighted by molar-refractivity contribution is -0.120. The summed E-state index contributed by atoms with van der Waals surface area (Å²) in [7, 11) is 2.17. The smallest absolute Gasteiger partial charge is 0.227 e. The van der Waals surface area contributed by atoms with Crippen molar-refractivity contribution in [3.05, 3.63) is 40.5 Å². The monoisotopic (exact) mass is 478 g/mol. The van der Waals surface area contributed by atoms with Crippen molar-refractivity contribution < 1.29 is 4.79 Å². The number of piperidine rings is 1. The van der Waals surface area contributed by atoms with Crippen molar-refractivity contribution in [1.82, 2.24) is 14.9 Å². The summed E-state index contributed by atoms with van der Waals surface area (Å²) in [4.78, 5) is 31.6. The molecule has 2 aliphatic rings. The molecule has 0 bridgehead atoms. The van der Waals surface area contributed by atoms with E-state index in [2.05, 4.69) is 69.9 Å². The second-order valence-electron chi connectivity index (χ2n) is 9.70. The van der Waals surface area contributed by atoms with Gasteiger partial charge in [-0.3, -0.25) is 4.79 Å². The highest BCUT2D eigenvalue weighted by molar-refractivity contribution is 7.18. The van der Waals surface area contributed by atoms with Gasteiger partial charge >= 0.3 is 0 Å². The fourth-order valence-electron chi connectivity index (χ4n) is 5.14. The number of amides is 1. The number of fused-ring (bicyclic) bond motifs is 1. The first-order chi connectivity index (χ1) is 16.4. The molecule has 0 unspecified atom stereocenters. The van der Waals surface area contributed by atoms with Gasteiger partial charge in [0, 0.05) is 61.4 Å². The zero-order valence-corrected chi connectivity index (χ0v) is 21.4. The number of carbonyl (C=O) groups excluding carboxylic acids is 1. The number of carbonyl (C=O) groups is 1. The van der Waals surface area contributed by atoms with Gasteiger partial charge < -0.3 is 20.0 Å². The van der Waals surface area contributed by atoms with Crippen LogP contribution in [0.5, 0.6) is 0 Å². The summed E-state index contributed by atoms with van der Waals surface area (Å²) in [5.74, 6) is 1.17. The summed E-state index contributed by atoms with van der Waals surface area (Å²) >= 11 is 1.73. The van der Waals surface area contributed by atoms with Crippen LogP contribution in [0.2, 0.25) is 0 Å². The van der Waals surface area contributed by atoms with Gasteiger partial charge in [0.05, 0.1) is 5.39 Å². The van der Waals surface area contributed by atoms with E-state index in [0.717, 1.165) is 68.4 Å². The highest BCUT2D eigenvalue weighted by Crippen LogP contribution is 2.36. The zero-order valence-electron chi connectivity index (χ0n) is 20.6. The molecule has 0 radical (unpaired) electrons. The number of hydrogen-bond donors (Lipinski definition) is 1. The third-order valence-corrected chi connectivity index (χ3v) is 8.53. The molecule has 2 saturated heterocycles. The van der Waals surface area contributed by atoms with Crippen molar-refractivity contribution in [1.29, 1.82) is 0 Å². The number of benzene rings is 1. The summed E-state index contributed by atoms with van der Waals surface area (Å²) in [5, 5.41) is 4.35. The predicted molar refractivity (Wildman–Crippen MR) is 141 cm³/mol. The highest BCUT2D eigenvalue weighted by Gasteiger charge is 2.27. The van der Waals surface area contributed by atoms with E-state index in [1.807, 2.05) is 6.07 Å². The minimum atomic E-state index is 0.0245. The van der Waals surface area contributed by atoms with Gasteiger partial charge in [-0.05, 0) is 70.0 Å². The average Bonchev–Trinajstić information content (AvgIpc) is 3.13. The van der Waals surface area contributed by atoms with Crippen molar-refractivity contribution in [2.75, 3.05) is 61.4 Å². The molecule has 7 nitrogen and oxygen atoms in total. The van der Waals surface area contributed by atoms with Crippen LogP contribution < -0.4 is 15.1 Å². The Hall–Kier alpha value is -2.71. The standard InChI is InChI=1S/C26H34N6OS/c1-17-15-21(5-6-22(17)31-13-11-30(4)12-14-31)29-25(33)20-7-9-32(10-8-20)24-23-18(2)19(3)34-26(23)28-16-27-24/h5-6,15-16,20H,7-14H2,1-4H3,(H,29,33). The van der Waals surface area contributed by atoms with E-state index < -0.39 is 0 Å². The molecule has 4 heterocycles. The van der Waals surface area contributed by atoms with Gasteiger partial charge in [0.1, 0.15) is 17.0 Å². The summed E-state index contributed by atoms with van der Waals surface area (Å²) < 4.78 is 0. The molecule has 0 atom stereocenters. The maximum absolute atomic E-state index is 13.0. The molecule has 180 valence electrons. The van der Waals surface area contributed by atoms with Crippen molar-refractivity contribution in [3.63, 3.8) is 0 Å². The second-order valence-corrected chi connectivity index (χ2v) is 10.9. The summed E-state index contributed by atoms with van der Waals surface area (Å²) in [6.45, 7) is 12.4. The van der Waals surface area contributed by atoms with Crippen LogP contribution in [0, 0.1) is 26.7 Å². The summed E-state index contributed by atoms with van der Waals surface area (Å²) in [6.07, 6.45) is 3.33. The van der Waals surface area contributed by atoms with E-state index in [1.54, 1.807) is 17.7 Å². The number of nitrogens with zero attached hydrogens (tertiary/aromatic N) is 5. The molecule has 1 N–H and O–H groups in total. The van der Waals surface area contributed by atoms with Crippen LogP contribution in [0.4, 0.5) is 17.2 Å². The first-order valence-electron chi connectivity index (χ1n) is 12.2. The Kier molecular flexibility index (Phi) is 6.44. The number of hydrogen-bond acceptors (Lipinski definition) is 7. The van der Waals surface area contributed by atoms with E-state index in [-0.39, 0.29) is 11.8 Å². The Morgan fingerprint density at radius 3 is 2.44 bits per heavy atom. The van der Waals surface area contributed by atoms with Gasteiger partial charge in [0.2, 0.25) is 5.91 Å². The normalized spacial score (nSPS) is 18.0. The first kappa shape index (κ1) is 23.1. The Morgan fingerprint density at radius 1 is 1.00 bits per heavy atom. The molecule has 1 aromatic carbocycles. The fraction of sp³-hybridized carbons (Fsp3) is 0.500. The number of aryl methyl sites for hydroxylation is 3. The SMILES string of the molecule is Cc1cc(NC(=O)C2CCN(c3ncnc4sc(C)c(C)c34)CC2)ccc1N1CCN(C)CC1. The number of piperazine rings is 1. The highest BCUT2D eigenvalue weighted by atomic mass is 32.1. The molecule has 2 aromatic heterocycles. The van der Waals surface area contributed by atoms with Crippen molar-refractivity contribution in [2.45, 2.75) is 33.6 Å². The number of likely N-dealkylation sites (N-methyl/N-ethyl adjacent to an activating group) is 1. The van der Waals surface area contributed by atoms with E-state index in [1.165, 1.54) is 27.1 Å². The molecule has 34 heavy (non-hydrogen) atoms. The van der Waals surface area contributed by atoms with Gasteiger partial charge in [-0.15, -0.1) is 11.3 Å². The van der Waals surface area contributed by atoms with E-state index in [0.29, 0.717) is 0 Å². The molecule has 0 saturated carbocycles. The van der Waals surface area contributed by atoms with Crippen LogP contribution in [-0.2, 0) is 4.79 Å². The lowest BCUT2D eigenvalue weighted by Crippen LogP contribution is -2.44. The number of nitrogens with one attached hydrogen (secondary N) is 1. The third-order valence-electron chi connectivity index (χ3n) is 7.42. The van der Waals surface area contributed by atoms with E-state index in [9.17, 15) is 4.79 Å². The topological polar surface area (TPSA) is 64.6 Å². The van der Waals surface area contributed by atoms with Crippen LogP contribution in [0.3, 0.4) is 0 Å². The molecule has 5 rings (SSSR count). The van der Waals surface area contributed by atoms with Gasteiger partial charge in [0.25, 0.3) is 0 Å². The Morgan fingerprint density at radius 2 is 1.74 bits per heavy atom. The van der Waals surface area contributed by atoms with Gasteiger partial charge in [0.15, 0.2) is 0 Å². The van der Waals surface area contributed by atoms with Crippen molar-refractivity contribution >= 4 is 44.7 Å². The molecule has 0 spiro atoms.